The minimum atomic E-state index is 0.0985. The van der Waals surface area contributed by atoms with Crippen LogP contribution in [-0.2, 0) is 7.05 Å². The molecule has 29 heavy (non-hydrogen) atoms. The van der Waals surface area contributed by atoms with Crippen LogP contribution in [0.5, 0.6) is 0 Å². The number of fused-ring (bicyclic) bond motifs is 1. The molecule has 0 atom stereocenters. The molecule has 146 valence electrons. The second-order valence-electron chi connectivity index (χ2n) is 7.21. The summed E-state index contributed by atoms with van der Waals surface area (Å²) in [6.45, 7) is 3.08. The number of hydrogen-bond acceptors (Lipinski definition) is 5. The Kier molecular flexibility index (Phi) is 4.52. The van der Waals surface area contributed by atoms with Gasteiger partial charge in [-0.3, -0.25) is 9.48 Å². The van der Waals surface area contributed by atoms with E-state index < -0.39 is 0 Å². The van der Waals surface area contributed by atoms with Gasteiger partial charge in [0.15, 0.2) is 5.13 Å². The molecule has 0 N–H and O–H groups in total. The van der Waals surface area contributed by atoms with Crippen LogP contribution < -0.4 is 4.90 Å². The quantitative estimate of drug-likeness (QED) is 0.524. The normalized spacial score (nSPS) is 14.5. The van der Waals surface area contributed by atoms with E-state index in [-0.39, 0.29) is 5.91 Å². The fourth-order valence-corrected chi connectivity index (χ4v) is 4.55. The number of thiazole rings is 1. The first kappa shape index (κ1) is 17.9. The topological polar surface area (TPSA) is 54.3 Å². The van der Waals surface area contributed by atoms with Crippen LogP contribution in [-0.4, -0.2) is 51.8 Å². The van der Waals surface area contributed by atoms with Gasteiger partial charge < -0.3 is 9.80 Å². The first-order valence-electron chi connectivity index (χ1n) is 9.65. The highest BCUT2D eigenvalue weighted by Gasteiger charge is 2.23. The molecule has 0 spiro atoms. The van der Waals surface area contributed by atoms with Crippen molar-refractivity contribution in [2.75, 3.05) is 31.1 Å². The van der Waals surface area contributed by atoms with Gasteiger partial charge in [-0.15, -0.1) is 11.3 Å². The van der Waals surface area contributed by atoms with Crippen LogP contribution in [0, 0.1) is 0 Å². The number of nitrogens with zero attached hydrogens (tertiary/aromatic N) is 5. The third-order valence-electron chi connectivity index (χ3n) is 5.46. The molecule has 1 saturated heterocycles. The fraction of sp³-hybridized carbons (Fsp3) is 0.227. The van der Waals surface area contributed by atoms with Crippen LogP contribution in [0.25, 0.3) is 22.0 Å². The van der Waals surface area contributed by atoms with Crippen LogP contribution in [0.3, 0.4) is 0 Å². The van der Waals surface area contributed by atoms with E-state index in [1.165, 1.54) is 0 Å². The van der Waals surface area contributed by atoms with Crippen molar-refractivity contribution in [3.63, 3.8) is 0 Å². The number of carbonyl (C=O) groups is 1. The first-order chi connectivity index (χ1) is 14.2. The van der Waals surface area contributed by atoms with Gasteiger partial charge in [-0.1, -0.05) is 18.2 Å². The Balaban J connectivity index is 1.34. The summed E-state index contributed by atoms with van der Waals surface area (Å²) >= 11 is 1.64. The number of aryl methyl sites for hydroxylation is 1. The Morgan fingerprint density at radius 1 is 0.966 bits per heavy atom. The Morgan fingerprint density at radius 2 is 1.76 bits per heavy atom. The number of rotatable bonds is 3. The molecule has 2 aromatic carbocycles. The van der Waals surface area contributed by atoms with E-state index in [9.17, 15) is 4.79 Å². The van der Waals surface area contributed by atoms with Gasteiger partial charge in [0, 0.05) is 62.1 Å². The number of hydrogen-bond donors (Lipinski definition) is 0. The first-order valence-corrected chi connectivity index (χ1v) is 10.5. The zero-order valence-electron chi connectivity index (χ0n) is 16.2. The summed E-state index contributed by atoms with van der Waals surface area (Å²) in [5.74, 6) is 0.0985. The van der Waals surface area contributed by atoms with Crippen molar-refractivity contribution < 1.29 is 4.79 Å². The van der Waals surface area contributed by atoms with E-state index in [0.717, 1.165) is 58.9 Å². The molecule has 6 nitrogen and oxygen atoms in total. The predicted molar refractivity (Wildman–Crippen MR) is 116 cm³/mol. The largest absolute Gasteiger partial charge is 0.345 e. The van der Waals surface area contributed by atoms with Crippen molar-refractivity contribution >= 4 is 33.1 Å². The molecule has 1 aliphatic rings. The molecule has 3 heterocycles. The van der Waals surface area contributed by atoms with Gasteiger partial charge in [-0.2, -0.15) is 5.10 Å². The van der Waals surface area contributed by atoms with Crippen molar-refractivity contribution in [1.82, 2.24) is 19.7 Å². The Labute approximate surface area is 173 Å². The zero-order chi connectivity index (χ0) is 19.8. The standard InChI is InChI=1S/C22H21N5OS/c1-25-20(6-7-24-25)18-4-2-17-15-19(5-3-16(17)14-18)21(28)26-9-11-27(12-10-26)22-23-8-13-29-22/h2-8,13-15H,9-12H2,1H3. The minimum Gasteiger partial charge on any atom is -0.345 e. The zero-order valence-corrected chi connectivity index (χ0v) is 17.0. The molecule has 2 aromatic heterocycles. The fourth-order valence-electron chi connectivity index (χ4n) is 3.85. The van der Waals surface area contributed by atoms with Gasteiger partial charge in [-0.05, 0) is 35.0 Å². The number of benzene rings is 2. The van der Waals surface area contributed by atoms with Crippen molar-refractivity contribution in [2.24, 2.45) is 7.05 Å². The van der Waals surface area contributed by atoms with E-state index >= 15 is 0 Å². The molecule has 1 amide bonds. The van der Waals surface area contributed by atoms with Gasteiger partial charge in [0.2, 0.25) is 0 Å². The van der Waals surface area contributed by atoms with E-state index in [1.54, 1.807) is 17.5 Å². The maximum absolute atomic E-state index is 13.0. The average molecular weight is 404 g/mol. The third kappa shape index (κ3) is 3.38. The van der Waals surface area contributed by atoms with Crippen LogP contribution in [0.15, 0.2) is 60.2 Å². The van der Waals surface area contributed by atoms with E-state index in [4.69, 9.17) is 0 Å². The summed E-state index contributed by atoms with van der Waals surface area (Å²) in [5, 5.41) is 9.46. The SMILES string of the molecule is Cn1nccc1-c1ccc2cc(C(=O)N3CCN(c4nccs4)CC3)ccc2c1. The Morgan fingerprint density at radius 3 is 2.48 bits per heavy atom. The number of carbonyl (C=O) groups excluding carboxylic acids is 1. The molecule has 0 radical (unpaired) electrons. The van der Waals surface area contributed by atoms with Gasteiger partial charge in [0.1, 0.15) is 0 Å². The summed E-state index contributed by atoms with van der Waals surface area (Å²) < 4.78 is 1.87. The van der Waals surface area contributed by atoms with Crippen molar-refractivity contribution in [2.45, 2.75) is 0 Å². The molecule has 0 bridgehead atoms. The summed E-state index contributed by atoms with van der Waals surface area (Å²) in [5.41, 5.74) is 2.94. The van der Waals surface area contributed by atoms with E-state index in [1.807, 2.05) is 52.5 Å². The lowest BCUT2D eigenvalue weighted by Crippen LogP contribution is -2.48. The van der Waals surface area contributed by atoms with Crippen molar-refractivity contribution in [1.29, 1.82) is 0 Å². The molecule has 4 aromatic rings. The number of anilines is 1. The van der Waals surface area contributed by atoms with Crippen LogP contribution in [0.4, 0.5) is 5.13 Å². The highest BCUT2D eigenvalue weighted by molar-refractivity contribution is 7.13. The molecule has 0 unspecified atom stereocenters. The molecular formula is C22H21N5OS. The van der Waals surface area contributed by atoms with E-state index in [0.29, 0.717) is 0 Å². The molecule has 0 aliphatic carbocycles. The number of aromatic nitrogens is 3. The summed E-state index contributed by atoms with van der Waals surface area (Å²) in [7, 11) is 1.94. The van der Waals surface area contributed by atoms with Crippen molar-refractivity contribution in [3.05, 3.63) is 65.8 Å². The molecule has 0 saturated carbocycles. The number of piperazine rings is 1. The molecule has 1 fully saturated rings. The summed E-state index contributed by atoms with van der Waals surface area (Å²) in [6, 6.07) is 14.3. The molecular weight excluding hydrogens is 382 g/mol. The van der Waals surface area contributed by atoms with Gasteiger partial charge in [0.05, 0.1) is 5.69 Å². The maximum atomic E-state index is 13.0. The molecule has 5 rings (SSSR count). The lowest BCUT2D eigenvalue weighted by molar-refractivity contribution is 0.0747. The van der Waals surface area contributed by atoms with Gasteiger partial charge in [-0.25, -0.2) is 4.98 Å². The molecule has 1 aliphatic heterocycles. The Hall–Kier alpha value is -3.19. The van der Waals surface area contributed by atoms with E-state index in [2.05, 4.69) is 33.2 Å². The maximum Gasteiger partial charge on any atom is 0.253 e. The second-order valence-corrected chi connectivity index (χ2v) is 8.08. The van der Waals surface area contributed by atoms with Crippen molar-refractivity contribution in [3.8, 4) is 11.3 Å². The highest BCUT2D eigenvalue weighted by Crippen LogP contribution is 2.26. The monoisotopic (exact) mass is 403 g/mol. The highest BCUT2D eigenvalue weighted by atomic mass is 32.1. The summed E-state index contributed by atoms with van der Waals surface area (Å²) in [4.78, 5) is 21.6. The third-order valence-corrected chi connectivity index (χ3v) is 6.29. The van der Waals surface area contributed by atoms with Crippen LogP contribution in [0.1, 0.15) is 10.4 Å². The summed E-state index contributed by atoms with van der Waals surface area (Å²) in [6.07, 6.45) is 3.63. The van der Waals surface area contributed by atoms with Crippen LogP contribution in [0.2, 0.25) is 0 Å². The minimum absolute atomic E-state index is 0.0985. The van der Waals surface area contributed by atoms with Gasteiger partial charge in [0.25, 0.3) is 5.91 Å². The average Bonchev–Trinajstić information content (AvgIpc) is 3.44. The lowest BCUT2D eigenvalue weighted by atomic mass is 10.0. The smallest absolute Gasteiger partial charge is 0.253 e. The van der Waals surface area contributed by atoms with Gasteiger partial charge >= 0.3 is 0 Å². The number of amides is 1. The van der Waals surface area contributed by atoms with Crippen LogP contribution >= 0.6 is 11.3 Å². The lowest BCUT2D eigenvalue weighted by Gasteiger charge is -2.34. The Bertz CT molecular complexity index is 1160. The predicted octanol–water partition coefficient (Wildman–Crippen LogP) is 3.66. The second kappa shape index (κ2) is 7.33. The molecule has 7 heteroatoms.